The van der Waals surface area contributed by atoms with Crippen LogP contribution in [0.15, 0.2) is 48.5 Å². The van der Waals surface area contributed by atoms with Crippen LogP contribution in [0.2, 0.25) is 5.02 Å². The molecule has 23 heavy (non-hydrogen) atoms. The lowest BCUT2D eigenvalue weighted by Crippen LogP contribution is -2.49. The van der Waals surface area contributed by atoms with Crippen molar-refractivity contribution in [2.24, 2.45) is 0 Å². The van der Waals surface area contributed by atoms with Crippen LogP contribution in [0.3, 0.4) is 0 Å². The highest BCUT2D eigenvalue weighted by molar-refractivity contribution is 6.30. The molecule has 1 saturated carbocycles. The van der Waals surface area contributed by atoms with E-state index in [1.54, 1.807) is 6.07 Å². The van der Waals surface area contributed by atoms with Crippen LogP contribution in [-0.4, -0.2) is 12.5 Å². The minimum Gasteiger partial charge on any atom is -0.355 e. The zero-order valence-corrected chi connectivity index (χ0v) is 13.6. The molecule has 0 unspecified atom stereocenters. The fourth-order valence-electron chi connectivity index (χ4n) is 3.13. The Kier molecular flexibility index (Phi) is 4.67. The minimum atomic E-state index is -0.424. The van der Waals surface area contributed by atoms with Crippen molar-refractivity contribution in [3.63, 3.8) is 0 Å². The number of carbonyl (C=O) groups is 1. The summed E-state index contributed by atoms with van der Waals surface area (Å²) in [6.07, 6.45) is 3.40. The number of amides is 1. The molecule has 0 bridgehead atoms. The van der Waals surface area contributed by atoms with E-state index in [9.17, 15) is 9.18 Å². The summed E-state index contributed by atoms with van der Waals surface area (Å²) in [6, 6.07) is 14.0. The molecule has 1 aliphatic carbocycles. The van der Waals surface area contributed by atoms with Crippen molar-refractivity contribution in [1.82, 2.24) is 5.32 Å². The van der Waals surface area contributed by atoms with Crippen molar-refractivity contribution in [3.05, 3.63) is 70.5 Å². The van der Waals surface area contributed by atoms with E-state index in [0.717, 1.165) is 30.4 Å². The predicted molar refractivity (Wildman–Crippen MR) is 90.1 cm³/mol. The fourth-order valence-corrected chi connectivity index (χ4v) is 3.25. The lowest BCUT2D eigenvalue weighted by atomic mass is 9.64. The average molecular weight is 332 g/mol. The van der Waals surface area contributed by atoms with Crippen molar-refractivity contribution in [2.45, 2.75) is 31.1 Å². The first-order chi connectivity index (χ1) is 11.1. The molecule has 2 aromatic carbocycles. The van der Waals surface area contributed by atoms with Gasteiger partial charge in [-0.2, -0.15) is 0 Å². The molecule has 120 valence electrons. The Bertz CT molecular complexity index is 695. The Hall–Kier alpha value is -1.87. The number of benzene rings is 2. The van der Waals surface area contributed by atoms with E-state index in [2.05, 4.69) is 5.32 Å². The van der Waals surface area contributed by atoms with E-state index in [-0.39, 0.29) is 11.7 Å². The van der Waals surface area contributed by atoms with Gasteiger partial charge in [-0.15, -0.1) is 0 Å². The summed E-state index contributed by atoms with van der Waals surface area (Å²) in [4.78, 5) is 12.7. The van der Waals surface area contributed by atoms with Crippen LogP contribution in [-0.2, 0) is 16.6 Å². The van der Waals surface area contributed by atoms with E-state index in [1.165, 1.54) is 12.1 Å². The Balaban J connectivity index is 1.63. The Labute approximate surface area is 140 Å². The molecular weight excluding hydrogens is 313 g/mol. The van der Waals surface area contributed by atoms with Gasteiger partial charge in [0, 0.05) is 11.6 Å². The Morgan fingerprint density at radius 2 is 1.91 bits per heavy atom. The molecule has 0 atom stereocenters. The highest BCUT2D eigenvalue weighted by Crippen LogP contribution is 2.44. The normalized spacial score (nSPS) is 15.7. The van der Waals surface area contributed by atoms with Crippen LogP contribution in [0.1, 0.15) is 30.4 Å². The molecule has 1 fully saturated rings. The van der Waals surface area contributed by atoms with E-state index >= 15 is 0 Å². The fraction of sp³-hybridized carbons (Fsp3) is 0.316. The van der Waals surface area contributed by atoms with Gasteiger partial charge in [-0.05, 0) is 54.7 Å². The zero-order valence-electron chi connectivity index (χ0n) is 12.8. The SMILES string of the molecule is O=C(NCCc1cccc(F)c1)C1(c2ccc(Cl)cc2)CCC1. The summed E-state index contributed by atoms with van der Waals surface area (Å²) in [7, 11) is 0. The van der Waals surface area contributed by atoms with Crippen molar-refractivity contribution in [2.75, 3.05) is 6.54 Å². The van der Waals surface area contributed by atoms with Crippen molar-refractivity contribution >= 4 is 17.5 Å². The smallest absolute Gasteiger partial charge is 0.230 e. The van der Waals surface area contributed by atoms with Gasteiger partial charge in [0.15, 0.2) is 0 Å². The van der Waals surface area contributed by atoms with Crippen molar-refractivity contribution in [3.8, 4) is 0 Å². The van der Waals surface area contributed by atoms with Crippen LogP contribution >= 0.6 is 11.6 Å². The molecule has 2 aromatic rings. The summed E-state index contributed by atoms with van der Waals surface area (Å²) in [5, 5.41) is 3.69. The molecule has 4 heteroatoms. The molecule has 0 aliphatic heterocycles. The van der Waals surface area contributed by atoms with Crippen LogP contribution in [0.25, 0.3) is 0 Å². The number of rotatable bonds is 5. The quantitative estimate of drug-likeness (QED) is 0.871. The maximum absolute atomic E-state index is 13.2. The molecule has 1 aliphatic rings. The third-order valence-corrected chi connectivity index (χ3v) is 4.88. The van der Waals surface area contributed by atoms with Crippen molar-refractivity contribution in [1.29, 1.82) is 0 Å². The molecule has 0 saturated heterocycles. The summed E-state index contributed by atoms with van der Waals surface area (Å²) in [5.41, 5.74) is 1.49. The van der Waals surface area contributed by atoms with Crippen LogP contribution in [0.5, 0.6) is 0 Å². The van der Waals surface area contributed by atoms with E-state index in [0.29, 0.717) is 18.0 Å². The van der Waals surface area contributed by atoms with Gasteiger partial charge in [0.25, 0.3) is 0 Å². The number of hydrogen-bond acceptors (Lipinski definition) is 1. The monoisotopic (exact) mass is 331 g/mol. The van der Waals surface area contributed by atoms with Crippen molar-refractivity contribution < 1.29 is 9.18 Å². The summed E-state index contributed by atoms with van der Waals surface area (Å²) < 4.78 is 13.2. The molecule has 0 radical (unpaired) electrons. The van der Waals surface area contributed by atoms with Gasteiger partial charge in [-0.1, -0.05) is 42.3 Å². The van der Waals surface area contributed by atoms with Crippen LogP contribution in [0.4, 0.5) is 4.39 Å². The Morgan fingerprint density at radius 1 is 1.17 bits per heavy atom. The largest absolute Gasteiger partial charge is 0.355 e. The number of nitrogens with one attached hydrogen (secondary N) is 1. The van der Waals surface area contributed by atoms with Gasteiger partial charge in [0.05, 0.1) is 5.41 Å². The molecular formula is C19H19ClFNO. The average Bonchev–Trinajstić information content (AvgIpc) is 2.48. The second-order valence-corrected chi connectivity index (χ2v) is 6.51. The summed E-state index contributed by atoms with van der Waals surface area (Å²) in [5.74, 6) is -0.187. The van der Waals surface area contributed by atoms with Gasteiger partial charge in [-0.3, -0.25) is 4.79 Å². The second kappa shape index (κ2) is 6.71. The Morgan fingerprint density at radius 3 is 2.52 bits per heavy atom. The number of carbonyl (C=O) groups excluding carboxylic acids is 1. The number of hydrogen-bond donors (Lipinski definition) is 1. The maximum atomic E-state index is 13.2. The number of halogens is 2. The van der Waals surface area contributed by atoms with Crippen LogP contribution < -0.4 is 5.32 Å². The lowest BCUT2D eigenvalue weighted by molar-refractivity contribution is -0.129. The lowest BCUT2D eigenvalue weighted by Gasteiger charge is -2.40. The first-order valence-electron chi connectivity index (χ1n) is 7.89. The van der Waals surface area contributed by atoms with E-state index in [4.69, 9.17) is 11.6 Å². The summed E-state index contributed by atoms with van der Waals surface area (Å²) in [6.45, 7) is 0.512. The predicted octanol–water partition coefficient (Wildman–Crippen LogP) is 4.26. The molecule has 0 heterocycles. The van der Waals surface area contributed by atoms with Gasteiger partial charge in [-0.25, -0.2) is 4.39 Å². The highest BCUT2D eigenvalue weighted by atomic mass is 35.5. The van der Waals surface area contributed by atoms with Gasteiger partial charge in [0.2, 0.25) is 5.91 Å². The van der Waals surface area contributed by atoms with Gasteiger partial charge >= 0.3 is 0 Å². The molecule has 2 nitrogen and oxygen atoms in total. The molecule has 0 spiro atoms. The standard InChI is InChI=1S/C19H19ClFNO/c20-16-7-5-15(6-8-16)19(10-2-11-19)18(23)22-12-9-14-3-1-4-17(21)13-14/h1,3-8,13H,2,9-12H2,(H,22,23). The molecule has 3 rings (SSSR count). The minimum absolute atomic E-state index is 0.0578. The zero-order chi connectivity index (χ0) is 16.3. The second-order valence-electron chi connectivity index (χ2n) is 6.08. The van der Waals surface area contributed by atoms with Crippen LogP contribution in [0, 0.1) is 5.82 Å². The highest BCUT2D eigenvalue weighted by Gasteiger charge is 2.45. The molecule has 1 amide bonds. The van der Waals surface area contributed by atoms with Gasteiger partial charge in [0.1, 0.15) is 5.82 Å². The van der Waals surface area contributed by atoms with E-state index < -0.39 is 5.41 Å². The molecule has 1 N–H and O–H groups in total. The maximum Gasteiger partial charge on any atom is 0.230 e. The molecule has 0 aromatic heterocycles. The third kappa shape index (κ3) is 3.40. The summed E-state index contributed by atoms with van der Waals surface area (Å²) >= 11 is 5.94. The van der Waals surface area contributed by atoms with Gasteiger partial charge < -0.3 is 5.32 Å². The first-order valence-corrected chi connectivity index (χ1v) is 8.27. The van der Waals surface area contributed by atoms with E-state index in [1.807, 2.05) is 30.3 Å². The topological polar surface area (TPSA) is 29.1 Å². The third-order valence-electron chi connectivity index (χ3n) is 4.63. The first kappa shape index (κ1) is 16.0.